The molecule has 0 saturated carbocycles. The first-order chi connectivity index (χ1) is 14.4. The molecule has 4 rings (SSSR count). The van der Waals surface area contributed by atoms with Crippen molar-refractivity contribution in [3.8, 4) is 0 Å². The second kappa shape index (κ2) is 8.06. The van der Waals surface area contributed by atoms with E-state index in [1.165, 1.54) is 18.2 Å². The standard InChI is InChI=1S/C24H19F3N2O/c25-24(26,27)21-12-6-4-11-18(21)23(30)29-14-19(16-8-2-1-3-9-16)20-15-28-22-13-7-5-10-17(20)22/h1-13,15,19,28H,14H2,(H,29,30). The van der Waals surface area contributed by atoms with Gasteiger partial charge in [-0.2, -0.15) is 13.2 Å². The zero-order chi connectivity index (χ0) is 21.1. The predicted octanol–water partition coefficient (Wildman–Crippen LogP) is 5.75. The Kier molecular flexibility index (Phi) is 5.31. The molecule has 1 aromatic heterocycles. The van der Waals surface area contributed by atoms with Crippen molar-refractivity contribution in [2.45, 2.75) is 12.1 Å². The Balaban J connectivity index is 1.65. The van der Waals surface area contributed by atoms with Gasteiger partial charge < -0.3 is 10.3 Å². The van der Waals surface area contributed by atoms with Gasteiger partial charge in [0.05, 0.1) is 11.1 Å². The third-order valence-electron chi connectivity index (χ3n) is 5.14. The lowest BCUT2D eigenvalue weighted by Gasteiger charge is -2.19. The van der Waals surface area contributed by atoms with E-state index in [0.717, 1.165) is 28.1 Å². The molecule has 0 aliphatic carbocycles. The Bertz CT molecular complexity index is 1170. The summed E-state index contributed by atoms with van der Waals surface area (Å²) in [6.45, 7) is 0.164. The monoisotopic (exact) mass is 408 g/mol. The molecule has 3 aromatic carbocycles. The van der Waals surface area contributed by atoms with Gasteiger partial charge in [0.15, 0.2) is 0 Å². The molecule has 0 aliphatic rings. The first-order valence-electron chi connectivity index (χ1n) is 9.50. The lowest BCUT2D eigenvalue weighted by Crippen LogP contribution is -2.30. The van der Waals surface area contributed by atoms with Gasteiger partial charge in [-0.05, 0) is 29.3 Å². The number of aromatic amines is 1. The van der Waals surface area contributed by atoms with Crippen molar-refractivity contribution in [1.29, 1.82) is 0 Å². The average molecular weight is 408 g/mol. The van der Waals surface area contributed by atoms with Crippen molar-refractivity contribution in [3.05, 3.63) is 107 Å². The molecule has 0 bridgehead atoms. The molecule has 0 radical (unpaired) electrons. The van der Waals surface area contributed by atoms with Crippen LogP contribution in [0, 0.1) is 0 Å². The van der Waals surface area contributed by atoms with Crippen molar-refractivity contribution in [3.63, 3.8) is 0 Å². The van der Waals surface area contributed by atoms with Crippen LogP contribution in [-0.4, -0.2) is 17.4 Å². The van der Waals surface area contributed by atoms with Gasteiger partial charge in [-0.15, -0.1) is 0 Å². The van der Waals surface area contributed by atoms with Crippen LogP contribution in [0.4, 0.5) is 13.2 Å². The van der Waals surface area contributed by atoms with Gasteiger partial charge in [0, 0.05) is 29.6 Å². The van der Waals surface area contributed by atoms with Crippen molar-refractivity contribution < 1.29 is 18.0 Å². The largest absolute Gasteiger partial charge is 0.417 e. The Hall–Kier alpha value is -3.54. The smallest absolute Gasteiger partial charge is 0.361 e. The number of alkyl halides is 3. The molecule has 4 aromatic rings. The predicted molar refractivity (Wildman–Crippen MR) is 110 cm³/mol. The highest BCUT2D eigenvalue weighted by Gasteiger charge is 2.35. The number of benzene rings is 3. The summed E-state index contributed by atoms with van der Waals surface area (Å²) < 4.78 is 39.9. The van der Waals surface area contributed by atoms with Gasteiger partial charge in [-0.3, -0.25) is 4.79 Å². The van der Waals surface area contributed by atoms with E-state index in [1.54, 1.807) is 0 Å². The zero-order valence-electron chi connectivity index (χ0n) is 15.9. The number of aromatic nitrogens is 1. The second-order valence-corrected chi connectivity index (χ2v) is 7.01. The minimum absolute atomic E-state index is 0.164. The molecule has 152 valence electrons. The molecule has 1 amide bonds. The van der Waals surface area contributed by atoms with Crippen LogP contribution in [0.3, 0.4) is 0 Å². The summed E-state index contributed by atoms with van der Waals surface area (Å²) in [6, 6.07) is 22.2. The molecule has 0 fully saturated rings. The number of H-pyrrole nitrogens is 1. The van der Waals surface area contributed by atoms with Crippen LogP contribution in [0.15, 0.2) is 85.1 Å². The summed E-state index contributed by atoms with van der Waals surface area (Å²) in [6.07, 6.45) is -2.71. The minimum Gasteiger partial charge on any atom is -0.361 e. The van der Waals surface area contributed by atoms with Crippen LogP contribution < -0.4 is 5.32 Å². The topological polar surface area (TPSA) is 44.9 Å². The van der Waals surface area contributed by atoms with Gasteiger partial charge >= 0.3 is 6.18 Å². The molecular formula is C24H19F3N2O. The van der Waals surface area contributed by atoms with Crippen molar-refractivity contribution >= 4 is 16.8 Å². The lowest BCUT2D eigenvalue weighted by molar-refractivity contribution is -0.137. The molecule has 0 aliphatic heterocycles. The number of rotatable bonds is 5. The normalized spacial score (nSPS) is 12.6. The Morgan fingerprint density at radius 2 is 1.57 bits per heavy atom. The molecule has 1 atom stereocenters. The molecule has 30 heavy (non-hydrogen) atoms. The van der Waals surface area contributed by atoms with E-state index >= 15 is 0 Å². The number of hydrogen-bond donors (Lipinski definition) is 2. The highest BCUT2D eigenvalue weighted by atomic mass is 19.4. The summed E-state index contributed by atoms with van der Waals surface area (Å²) in [7, 11) is 0. The summed E-state index contributed by atoms with van der Waals surface area (Å²) in [5, 5.41) is 3.72. The van der Waals surface area contributed by atoms with Crippen LogP contribution >= 0.6 is 0 Å². The quantitative estimate of drug-likeness (QED) is 0.434. The molecule has 0 saturated heterocycles. The Morgan fingerprint density at radius 3 is 2.33 bits per heavy atom. The molecule has 2 N–H and O–H groups in total. The summed E-state index contributed by atoms with van der Waals surface area (Å²) in [5.41, 5.74) is 1.58. The Morgan fingerprint density at radius 1 is 0.900 bits per heavy atom. The number of para-hydroxylation sites is 1. The van der Waals surface area contributed by atoms with Crippen LogP contribution in [0.25, 0.3) is 10.9 Å². The zero-order valence-corrected chi connectivity index (χ0v) is 15.9. The number of fused-ring (bicyclic) bond motifs is 1. The van der Waals surface area contributed by atoms with E-state index in [4.69, 9.17) is 0 Å². The van der Waals surface area contributed by atoms with Crippen molar-refractivity contribution in [1.82, 2.24) is 10.3 Å². The maximum absolute atomic E-state index is 13.3. The number of hydrogen-bond acceptors (Lipinski definition) is 1. The van der Waals surface area contributed by atoms with Crippen molar-refractivity contribution in [2.24, 2.45) is 0 Å². The van der Waals surface area contributed by atoms with E-state index < -0.39 is 17.6 Å². The summed E-state index contributed by atoms with van der Waals surface area (Å²) in [5.74, 6) is -0.965. The molecular weight excluding hydrogens is 389 g/mol. The molecule has 3 nitrogen and oxygen atoms in total. The highest BCUT2D eigenvalue weighted by Crippen LogP contribution is 2.33. The van der Waals surface area contributed by atoms with Gasteiger partial charge in [0.1, 0.15) is 0 Å². The number of carbonyl (C=O) groups excluding carboxylic acids is 1. The van der Waals surface area contributed by atoms with Gasteiger partial charge in [0.2, 0.25) is 0 Å². The molecule has 6 heteroatoms. The molecule has 0 spiro atoms. The fraction of sp³-hybridized carbons (Fsp3) is 0.125. The first-order valence-corrected chi connectivity index (χ1v) is 9.50. The molecule has 1 heterocycles. The number of halogens is 3. The number of nitrogens with one attached hydrogen (secondary N) is 2. The fourth-order valence-electron chi connectivity index (χ4n) is 3.69. The summed E-state index contributed by atoms with van der Waals surface area (Å²) >= 11 is 0. The van der Waals surface area contributed by atoms with Gasteiger partial charge in [-0.25, -0.2) is 0 Å². The van der Waals surface area contributed by atoms with Crippen LogP contribution in [0.1, 0.15) is 33.0 Å². The van der Waals surface area contributed by atoms with E-state index in [1.807, 2.05) is 60.8 Å². The highest BCUT2D eigenvalue weighted by molar-refractivity contribution is 5.96. The first kappa shape index (κ1) is 19.8. The third kappa shape index (κ3) is 3.94. The summed E-state index contributed by atoms with van der Waals surface area (Å²) in [4.78, 5) is 15.9. The van der Waals surface area contributed by atoms with Gasteiger partial charge in [-0.1, -0.05) is 60.7 Å². The maximum Gasteiger partial charge on any atom is 0.417 e. The maximum atomic E-state index is 13.3. The minimum atomic E-state index is -4.59. The Labute approximate surface area is 171 Å². The van der Waals surface area contributed by atoms with Crippen LogP contribution in [0.5, 0.6) is 0 Å². The number of amides is 1. The average Bonchev–Trinajstić information content (AvgIpc) is 3.18. The van der Waals surface area contributed by atoms with E-state index in [9.17, 15) is 18.0 Å². The fourth-order valence-corrected chi connectivity index (χ4v) is 3.69. The second-order valence-electron chi connectivity index (χ2n) is 7.01. The lowest BCUT2D eigenvalue weighted by atomic mass is 9.90. The van der Waals surface area contributed by atoms with Gasteiger partial charge in [0.25, 0.3) is 5.91 Å². The molecule has 1 unspecified atom stereocenters. The van der Waals surface area contributed by atoms with E-state index in [-0.39, 0.29) is 18.0 Å². The van der Waals surface area contributed by atoms with E-state index in [2.05, 4.69) is 10.3 Å². The van der Waals surface area contributed by atoms with E-state index in [0.29, 0.717) is 0 Å². The third-order valence-corrected chi connectivity index (χ3v) is 5.14. The number of carbonyl (C=O) groups is 1. The van der Waals surface area contributed by atoms with Crippen LogP contribution in [-0.2, 0) is 6.18 Å². The van der Waals surface area contributed by atoms with Crippen LogP contribution in [0.2, 0.25) is 0 Å². The SMILES string of the molecule is O=C(NCC(c1ccccc1)c1c[nH]c2ccccc12)c1ccccc1C(F)(F)F. The van der Waals surface area contributed by atoms with Crippen molar-refractivity contribution in [2.75, 3.05) is 6.54 Å².